The van der Waals surface area contributed by atoms with Crippen LogP contribution in [0.15, 0.2) is 35.8 Å². The monoisotopic (exact) mass is 304 g/mol. The van der Waals surface area contributed by atoms with Gasteiger partial charge in [-0.25, -0.2) is 0 Å². The minimum absolute atomic E-state index is 0.0544. The molecule has 7 nitrogen and oxygen atoms in total. The molecule has 1 aliphatic rings. The Morgan fingerprint density at radius 1 is 1.27 bits per heavy atom. The number of hydrogen-bond donors (Lipinski definition) is 1. The highest BCUT2D eigenvalue weighted by Crippen LogP contribution is 2.43. The smallest absolute Gasteiger partial charge is 0.314 e. The molecule has 7 heteroatoms. The van der Waals surface area contributed by atoms with Gasteiger partial charge in [0.05, 0.1) is 10.8 Å². The van der Waals surface area contributed by atoms with Gasteiger partial charge in [0.15, 0.2) is 0 Å². The number of allylic oxidation sites excluding steroid dienone is 1. The number of hydrogen-bond acceptors (Lipinski definition) is 6. The molecule has 116 valence electrons. The third-order valence-electron chi connectivity index (χ3n) is 3.63. The van der Waals surface area contributed by atoms with Crippen LogP contribution < -0.4 is 10.1 Å². The molecule has 1 aliphatic heterocycles. The predicted octanol–water partition coefficient (Wildman–Crippen LogP) is 1.62. The molecule has 0 aliphatic carbocycles. The zero-order valence-electron chi connectivity index (χ0n) is 12.5. The number of ether oxygens (including phenoxy) is 1. The van der Waals surface area contributed by atoms with Gasteiger partial charge in [0, 0.05) is 12.6 Å². The molecule has 0 aromatic heterocycles. The van der Waals surface area contributed by atoms with Crippen molar-refractivity contribution < 1.29 is 19.2 Å². The molecule has 0 spiro atoms. The van der Waals surface area contributed by atoms with Gasteiger partial charge in [0.2, 0.25) is 0 Å². The van der Waals surface area contributed by atoms with Crippen LogP contribution in [0.4, 0.5) is 0 Å². The fourth-order valence-corrected chi connectivity index (χ4v) is 2.75. The van der Waals surface area contributed by atoms with E-state index in [9.17, 15) is 19.7 Å². The molecule has 1 atom stereocenters. The Labute approximate surface area is 127 Å². The largest absolute Gasteiger partial charge is 0.435 e. The standard InChI is InChI=1S/C15H16N2O5/c1-8(18)12(9(2)19)13-10-6-4-5-7-11(10)22-15(16-3)14(13)17(20)21/h4-7,12-13,16H,1-3H3. The van der Waals surface area contributed by atoms with Crippen molar-refractivity contribution in [2.75, 3.05) is 7.05 Å². The number of benzene rings is 1. The number of Topliss-reactive ketones (excluding diaryl/α,β-unsaturated/α-hetero) is 2. The third kappa shape index (κ3) is 2.57. The number of para-hydroxylation sites is 1. The zero-order chi connectivity index (χ0) is 16.4. The normalized spacial score (nSPS) is 16.8. The van der Waals surface area contributed by atoms with E-state index < -0.39 is 28.3 Å². The maximum atomic E-state index is 11.9. The first-order valence-electron chi connectivity index (χ1n) is 6.72. The van der Waals surface area contributed by atoms with Gasteiger partial charge in [0.25, 0.3) is 5.88 Å². The summed E-state index contributed by atoms with van der Waals surface area (Å²) in [4.78, 5) is 34.8. The van der Waals surface area contributed by atoms with E-state index in [1.54, 1.807) is 24.3 Å². The average molecular weight is 304 g/mol. The zero-order valence-corrected chi connectivity index (χ0v) is 12.5. The van der Waals surface area contributed by atoms with E-state index >= 15 is 0 Å². The molecule has 0 bridgehead atoms. The SMILES string of the molecule is CNC1=C([N+](=O)[O-])C(C(C(C)=O)C(C)=O)c2ccccc2O1. The van der Waals surface area contributed by atoms with E-state index in [2.05, 4.69) is 5.32 Å². The highest BCUT2D eigenvalue weighted by molar-refractivity contribution is 6.01. The van der Waals surface area contributed by atoms with Crippen LogP contribution in [0, 0.1) is 16.0 Å². The number of nitrogens with one attached hydrogen (secondary N) is 1. The summed E-state index contributed by atoms with van der Waals surface area (Å²) in [6.45, 7) is 2.53. The number of nitro groups is 1. The summed E-state index contributed by atoms with van der Waals surface area (Å²) in [7, 11) is 1.49. The lowest BCUT2D eigenvalue weighted by Gasteiger charge is -2.28. The molecule has 0 fully saturated rings. The molecular formula is C15H16N2O5. The van der Waals surface area contributed by atoms with E-state index in [4.69, 9.17) is 4.74 Å². The summed E-state index contributed by atoms with van der Waals surface area (Å²) in [6.07, 6.45) is 0. The highest BCUT2D eigenvalue weighted by Gasteiger charge is 2.46. The summed E-state index contributed by atoms with van der Waals surface area (Å²) >= 11 is 0. The molecule has 1 unspecified atom stereocenters. The van der Waals surface area contributed by atoms with Crippen LogP contribution in [0.25, 0.3) is 0 Å². The predicted molar refractivity (Wildman–Crippen MR) is 77.7 cm³/mol. The third-order valence-corrected chi connectivity index (χ3v) is 3.63. The molecule has 2 rings (SSSR count). The Morgan fingerprint density at radius 2 is 1.86 bits per heavy atom. The fraction of sp³-hybridized carbons (Fsp3) is 0.333. The maximum Gasteiger partial charge on any atom is 0.314 e. The lowest BCUT2D eigenvalue weighted by Crippen LogP contribution is -2.35. The van der Waals surface area contributed by atoms with Crippen molar-refractivity contribution in [1.82, 2.24) is 5.32 Å². The van der Waals surface area contributed by atoms with Gasteiger partial charge in [-0.1, -0.05) is 18.2 Å². The van der Waals surface area contributed by atoms with Crippen LogP contribution >= 0.6 is 0 Å². The summed E-state index contributed by atoms with van der Waals surface area (Å²) in [5.41, 5.74) is 0.153. The number of fused-ring (bicyclic) bond motifs is 1. The van der Waals surface area contributed by atoms with Crippen molar-refractivity contribution in [2.45, 2.75) is 19.8 Å². The number of rotatable bonds is 5. The van der Waals surface area contributed by atoms with Crippen molar-refractivity contribution in [3.05, 3.63) is 51.5 Å². The Kier molecular flexibility index (Phi) is 4.25. The lowest BCUT2D eigenvalue weighted by molar-refractivity contribution is -0.434. The van der Waals surface area contributed by atoms with E-state index in [1.165, 1.54) is 20.9 Å². The van der Waals surface area contributed by atoms with Gasteiger partial charge in [-0.3, -0.25) is 19.7 Å². The summed E-state index contributed by atoms with van der Waals surface area (Å²) < 4.78 is 5.50. The maximum absolute atomic E-state index is 11.9. The molecule has 0 radical (unpaired) electrons. The van der Waals surface area contributed by atoms with E-state index in [-0.39, 0.29) is 11.6 Å². The van der Waals surface area contributed by atoms with Gasteiger partial charge in [-0.05, 0) is 19.9 Å². The first-order chi connectivity index (χ1) is 10.4. The molecule has 0 amide bonds. The summed E-state index contributed by atoms with van der Waals surface area (Å²) in [6, 6.07) is 6.69. The highest BCUT2D eigenvalue weighted by atomic mass is 16.6. The fourth-order valence-electron chi connectivity index (χ4n) is 2.75. The van der Waals surface area contributed by atoms with Gasteiger partial charge >= 0.3 is 5.70 Å². The first kappa shape index (κ1) is 15.7. The molecule has 0 saturated carbocycles. The second-order valence-electron chi connectivity index (χ2n) is 5.04. The van der Waals surface area contributed by atoms with Crippen molar-refractivity contribution in [3.63, 3.8) is 0 Å². The van der Waals surface area contributed by atoms with Gasteiger partial charge in [-0.2, -0.15) is 0 Å². The topological polar surface area (TPSA) is 98.5 Å². The van der Waals surface area contributed by atoms with Crippen LogP contribution in [0.3, 0.4) is 0 Å². The second-order valence-corrected chi connectivity index (χ2v) is 5.04. The molecule has 0 saturated heterocycles. The second kappa shape index (κ2) is 5.97. The molecule has 1 heterocycles. The first-order valence-corrected chi connectivity index (χ1v) is 6.72. The van der Waals surface area contributed by atoms with E-state index in [0.29, 0.717) is 11.3 Å². The van der Waals surface area contributed by atoms with Crippen LogP contribution in [-0.2, 0) is 9.59 Å². The minimum atomic E-state index is -1.12. The summed E-state index contributed by atoms with van der Waals surface area (Å²) in [5, 5.41) is 14.1. The van der Waals surface area contributed by atoms with Gasteiger partial charge in [-0.15, -0.1) is 0 Å². The molecule has 1 aromatic rings. The molecule has 1 N–H and O–H groups in total. The molecule has 1 aromatic carbocycles. The van der Waals surface area contributed by atoms with Crippen molar-refractivity contribution in [3.8, 4) is 5.75 Å². The quantitative estimate of drug-likeness (QED) is 0.504. The number of nitrogens with zero attached hydrogens (tertiary/aromatic N) is 1. The number of ketones is 2. The van der Waals surface area contributed by atoms with Gasteiger partial charge in [0.1, 0.15) is 23.2 Å². The Hall–Kier alpha value is -2.70. The van der Waals surface area contributed by atoms with Crippen LogP contribution in [0.1, 0.15) is 25.3 Å². The van der Waals surface area contributed by atoms with E-state index in [1.807, 2.05) is 0 Å². The Bertz CT molecular complexity index is 666. The Balaban J connectivity index is 2.73. The van der Waals surface area contributed by atoms with Crippen molar-refractivity contribution in [1.29, 1.82) is 0 Å². The number of carbonyl (C=O) groups excluding carboxylic acids is 2. The van der Waals surface area contributed by atoms with E-state index in [0.717, 1.165) is 0 Å². The van der Waals surface area contributed by atoms with Crippen LogP contribution in [0.2, 0.25) is 0 Å². The van der Waals surface area contributed by atoms with Crippen molar-refractivity contribution in [2.24, 2.45) is 5.92 Å². The Morgan fingerprint density at radius 3 is 2.36 bits per heavy atom. The van der Waals surface area contributed by atoms with Crippen LogP contribution in [0.5, 0.6) is 5.75 Å². The molecular weight excluding hydrogens is 288 g/mol. The lowest BCUT2D eigenvalue weighted by atomic mass is 9.78. The summed E-state index contributed by atoms with van der Waals surface area (Å²) in [5.74, 6) is -2.57. The number of carbonyl (C=O) groups is 2. The van der Waals surface area contributed by atoms with Crippen molar-refractivity contribution >= 4 is 11.6 Å². The molecule has 22 heavy (non-hydrogen) atoms. The minimum Gasteiger partial charge on any atom is -0.435 e. The van der Waals surface area contributed by atoms with Crippen LogP contribution in [-0.4, -0.2) is 23.5 Å². The average Bonchev–Trinajstić information content (AvgIpc) is 2.45. The van der Waals surface area contributed by atoms with Gasteiger partial charge < -0.3 is 10.1 Å².